The maximum absolute atomic E-state index is 8.98. The summed E-state index contributed by atoms with van der Waals surface area (Å²) in [6, 6.07) is 2.35. The van der Waals surface area contributed by atoms with Crippen LogP contribution in [0.5, 0.6) is 0 Å². The first-order valence-corrected chi connectivity index (χ1v) is 5.78. The predicted octanol–water partition coefficient (Wildman–Crippen LogP) is 3.90. The molecule has 0 aromatic heterocycles. The zero-order valence-electron chi connectivity index (χ0n) is 9.08. The SMILES string of the molecule is N#CCC1(C2=CCCCC2)C=CC=CC1. The molecule has 2 rings (SSSR count). The van der Waals surface area contributed by atoms with Crippen LogP contribution >= 0.6 is 0 Å². The maximum atomic E-state index is 8.98. The number of hydrogen-bond acceptors (Lipinski definition) is 1. The van der Waals surface area contributed by atoms with Gasteiger partial charge in [-0.25, -0.2) is 0 Å². The molecule has 0 saturated heterocycles. The fraction of sp³-hybridized carbons (Fsp3) is 0.500. The summed E-state index contributed by atoms with van der Waals surface area (Å²) < 4.78 is 0. The molecule has 0 fully saturated rings. The highest BCUT2D eigenvalue weighted by Crippen LogP contribution is 2.43. The molecule has 0 aliphatic heterocycles. The van der Waals surface area contributed by atoms with E-state index in [1.807, 2.05) is 0 Å². The minimum atomic E-state index is 0.0317. The number of rotatable bonds is 2. The van der Waals surface area contributed by atoms with Gasteiger partial charge in [-0.15, -0.1) is 0 Å². The van der Waals surface area contributed by atoms with Crippen LogP contribution in [-0.4, -0.2) is 0 Å². The molecule has 0 saturated carbocycles. The average Bonchev–Trinajstić information content (AvgIpc) is 2.32. The van der Waals surface area contributed by atoms with E-state index in [4.69, 9.17) is 5.26 Å². The lowest BCUT2D eigenvalue weighted by molar-refractivity contribution is 0.437. The van der Waals surface area contributed by atoms with Crippen LogP contribution < -0.4 is 0 Å². The van der Waals surface area contributed by atoms with E-state index in [0.717, 1.165) is 6.42 Å². The minimum absolute atomic E-state index is 0.0317. The van der Waals surface area contributed by atoms with Crippen molar-refractivity contribution in [2.75, 3.05) is 0 Å². The molecule has 0 aromatic rings. The lowest BCUT2D eigenvalue weighted by Gasteiger charge is -2.33. The molecular weight excluding hydrogens is 182 g/mol. The molecule has 0 N–H and O–H groups in total. The topological polar surface area (TPSA) is 23.8 Å². The molecule has 1 nitrogen and oxygen atoms in total. The van der Waals surface area contributed by atoms with Crippen LogP contribution in [0.2, 0.25) is 0 Å². The van der Waals surface area contributed by atoms with Crippen LogP contribution in [0.3, 0.4) is 0 Å². The van der Waals surface area contributed by atoms with Crippen LogP contribution in [-0.2, 0) is 0 Å². The van der Waals surface area contributed by atoms with Gasteiger partial charge in [0.15, 0.2) is 0 Å². The lowest BCUT2D eigenvalue weighted by Crippen LogP contribution is -2.22. The van der Waals surface area contributed by atoms with Crippen molar-refractivity contribution in [1.29, 1.82) is 5.26 Å². The summed E-state index contributed by atoms with van der Waals surface area (Å²) in [6.45, 7) is 0. The van der Waals surface area contributed by atoms with Gasteiger partial charge in [0, 0.05) is 11.8 Å². The monoisotopic (exact) mass is 199 g/mol. The summed E-state index contributed by atoms with van der Waals surface area (Å²) in [5.41, 5.74) is 1.53. The van der Waals surface area contributed by atoms with E-state index in [0.29, 0.717) is 6.42 Å². The van der Waals surface area contributed by atoms with E-state index in [1.165, 1.54) is 31.3 Å². The summed E-state index contributed by atoms with van der Waals surface area (Å²) in [5, 5.41) is 8.98. The number of nitriles is 1. The Labute approximate surface area is 91.8 Å². The number of allylic oxidation sites excluding steroid dienone is 6. The van der Waals surface area contributed by atoms with E-state index < -0.39 is 0 Å². The van der Waals surface area contributed by atoms with Gasteiger partial charge in [-0.1, -0.05) is 36.0 Å². The smallest absolute Gasteiger partial charge is 0.0634 e. The van der Waals surface area contributed by atoms with Crippen LogP contribution in [0, 0.1) is 16.7 Å². The Balaban J connectivity index is 2.26. The highest BCUT2D eigenvalue weighted by Gasteiger charge is 2.31. The van der Waals surface area contributed by atoms with Crippen molar-refractivity contribution in [3.63, 3.8) is 0 Å². The molecule has 1 atom stereocenters. The molecule has 0 amide bonds. The molecule has 78 valence electrons. The number of hydrogen-bond donors (Lipinski definition) is 0. The lowest BCUT2D eigenvalue weighted by atomic mass is 9.70. The van der Waals surface area contributed by atoms with Crippen LogP contribution in [0.1, 0.15) is 38.5 Å². The predicted molar refractivity (Wildman–Crippen MR) is 62.1 cm³/mol. The van der Waals surface area contributed by atoms with Gasteiger partial charge in [0.2, 0.25) is 0 Å². The third-order valence-corrected chi connectivity index (χ3v) is 3.47. The molecule has 0 aromatic carbocycles. The van der Waals surface area contributed by atoms with Crippen LogP contribution in [0.15, 0.2) is 36.0 Å². The minimum Gasteiger partial charge on any atom is -0.198 e. The van der Waals surface area contributed by atoms with Crippen molar-refractivity contribution >= 4 is 0 Å². The molecule has 0 bridgehead atoms. The van der Waals surface area contributed by atoms with Gasteiger partial charge in [0.05, 0.1) is 6.07 Å². The van der Waals surface area contributed by atoms with E-state index >= 15 is 0 Å². The Bertz CT molecular complexity index is 354. The van der Waals surface area contributed by atoms with Crippen molar-refractivity contribution in [3.8, 4) is 6.07 Å². The third kappa shape index (κ3) is 2.04. The molecule has 0 spiro atoms. The second-order valence-electron chi connectivity index (χ2n) is 4.46. The Morgan fingerprint density at radius 3 is 2.87 bits per heavy atom. The van der Waals surface area contributed by atoms with Crippen LogP contribution in [0.25, 0.3) is 0 Å². The summed E-state index contributed by atoms with van der Waals surface area (Å²) in [7, 11) is 0. The highest BCUT2D eigenvalue weighted by atomic mass is 14.4. The van der Waals surface area contributed by atoms with Crippen molar-refractivity contribution in [2.24, 2.45) is 5.41 Å². The standard InChI is InChI=1S/C14H17N/c15-12-11-14(9-5-2-6-10-14)13-7-3-1-4-8-13/h2,5-7,9H,1,3-4,8,10-11H2. The highest BCUT2D eigenvalue weighted by molar-refractivity contribution is 5.31. The Hall–Kier alpha value is -1.29. The molecule has 2 aliphatic rings. The molecular formula is C14H17N. The van der Waals surface area contributed by atoms with Gasteiger partial charge in [-0.2, -0.15) is 5.26 Å². The zero-order valence-corrected chi connectivity index (χ0v) is 9.08. The van der Waals surface area contributed by atoms with Crippen molar-refractivity contribution in [2.45, 2.75) is 38.5 Å². The zero-order chi connectivity index (χ0) is 10.6. The van der Waals surface area contributed by atoms with Crippen molar-refractivity contribution in [3.05, 3.63) is 36.0 Å². The molecule has 15 heavy (non-hydrogen) atoms. The molecule has 0 heterocycles. The molecule has 0 radical (unpaired) electrons. The summed E-state index contributed by atoms with van der Waals surface area (Å²) in [5.74, 6) is 0. The van der Waals surface area contributed by atoms with Gasteiger partial charge in [-0.3, -0.25) is 0 Å². The first-order valence-electron chi connectivity index (χ1n) is 5.78. The van der Waals surface area contributed by atoms with E-state index in [9.17, 15) is 0 Å². The second kappa shape index (κ2) is 4.49. The second-order valence-corrected chi connectivity index (χ2v) is 4.46. The Morgan fingerprint density at radius 1 is 1.33 bits per heavy atom. The molecule has 1 heteroatoms. The number of nitrogens with zero attached hydrogens (tertiary/aromatic N) is 1. The summed E-state index contributed by atoms with van der Waals surface area (Å²) in [4.78, 5) is 0. The molecule has 1 unspecified atom stereocenters. The Morgan fingerprint density at radius 2 is 2.27 bits per heavy atom. The average molecular weight is 199 g/mol. The van der Waals surface area contributed by atoms with Gasteiger partial charge in [0.25, 0.3) is 0 Å². The van der Waals surface area contributed by atoms with Gasteiger partial charge in [-0.05, 0) is 32.1 Å². The maximum Gasteiger partial charge on any atom is 0.0634 e. The van der Waals surface area contributed by atoms with Gasteiger partial charge in [0.1, 0.15) is 0 Å². The van der Waals surface area contributed by atoms with E-state index in [1.54, 1.807) is 0 Å². The van der Waals surface area contributed by atoms with Crippen LogP contribution in [0.4, 0.5) is 0 Å². The first-order chi connectivity index (χ1) is 7.37. The quantitative estimate of drug-likeness (QED) is 0.619. The van der Waals surface area contributed by atoms with Crippen molar-refractivity contribution in [1.82, 2.24) is 0 Å². The first kappa shape index (κ1) is 10.2. The van der Waals surface area contributed by atoms with E-state index in [2.05, 4.69) is 36.4 Å². The van der Waals surface area contributed by atoms with Gasteiger partial charge >= 0.3 is 0 Å². The fourth-order valence-electron chi connectivity index (χ4n) is 2.58. The van der Waals surface area contributed by atoms with Gasteiger partial charge < -0.3 is 0 Å². The fourth-order valence-corrected chi connectivity index (χ4v) is 2.58. The summed E-state index contributed by atoms with van der Waals surface area (Å²) in [6.07, 6.45) is 17.6. The molecule has 2 aliphatic carbocycles. The summed E-state index contributed by atoms with van der Waals surface area (Å²) >= 11 is 0. The van der Waals surface area contributed by atoms with E-state index in [-0.39, 0.29) is 5.41 Å². The largest absolute Gasteiger partial charge is 0.198 e. The normalized spacial score (nSPS) is 29.7. The van der Waals surface area contributed by atoms with Crippen molar-refractivity contribution < 1.29 is 0 Å². The Kier molecular flexibility index (Phi) is 3.06. The third-order valence-electron chi connectivity index (χ3n) is 3.47.